The highest BCUT2D eigenvalue weighted by Gasteiger charge is 2.12. The second-order valence-corrected chi connectivity index (χ2v) is 3.71. The summed E-state index contributed by atoms with van der Waals surface area (Å²) in [6, 6.07) is 7.63. The van der Waals surface area contributed by atoms with Crippen molar-refractivity contribution in [3.8, 4) is 5.75 Å². The topological polar surface area (TPSA) is 68.4 Å². The number of nitrogens with zero attached hydrogens (tertiary/aromatic N) is 2. The lowest BCUT2D eigenvalue weighted by Crippen LogP contribution is -1.96. The van der Waals surface area contributed by atoms with Crippen molar-refractivity contribution in [1.82, 2.24) is 10.1 Å². The van der Waals surface area contributed by atoms with Crippen molar-refractivity contribution in [1.29, 1.82) is 0 Å². The number of ether oxygens (including phenoxy) is 1. The van der Waals surface area contributed by atoms with E-state index in [0.717, 1.165) is 11.3 Å². The van der Waals surface area contributed by atoms with Crippen LogP contribution in [0.3, 0.4) is 0 Å². The molecule has 90 valence electrons. The number of para-hydroxylation sites is 1. The smallest absolute Gasteiger partial charge is 0.231 e. The first-order chi connectivity index (χ1) is 8.20. The van der Waals surface area contributed by atoms with E-state index in [4.69, 9.17) is 9.26 Å². The van der Waals surface area contributed by atoms with Crippen LogP contribution in [0.25, 0.3) is 0 Å². The van der Waals surface area contributed by atoms with Crippen LogP contribution in [0.5, 0.6) is 5.75 Å². The summed E-state index contributed by atoms with van der Waals surface area (Å²) >= 11 is 0. The summed E-state index contributed by atoms with van der Waals surface area (Å²) in [5.41, 5.74) is 0.968. The maximum absolute atomic E-state index is 9.29. The van der Waals surface area contributed by atoms with Gasteiger partial charge in [0.2, 0.25) is 5.89 Å². The molecule has 0 aliphatic rings. The summed E-state index contributed by atoms with van der Waals surface area (Å²) < 4.78 is 10.3. The first-order valence-electron chi connectivity index (χ1n) is 5.33. The minimum absolute atomic E-state index is 0.301. The molecule has 0 radical (unpaired) electrons. The van der Waals surface area contributed by atoms with E-state index in [0.29, 0.717) is 18.1 Å². The van der Waals surface area contributed by atoms with Gasteiger partial charge in [0.1, 0.15) is 11.9 Å². The van der Waals surface area contributed by atoms with Crippen molar-refractivity contribution >= 4 is 0 Å². The highest BCUT2D eigenvalue weighted by Crippen LogP contribution is 2.20. The van der Waals surface area contributed by atoms with Gasteiger partial charge in [-0.2, -0.15) is 4.98 Å². The summed E-state index contributed by atoms with van der Waals surface area (Å²) in [5.74, 6) is 1.55. The van der Waals surface area contributed by atoms with Gasteiger partial charge in [-0.3, -0.25) is 0 Å². The van der Waals surface area contributed by atoms with Gasteiger partial charge in [0.15, 0.2) is 5.82 Å². The first kappa shape index (κ1) is 11.6. The molecule has 0 saturated carbocycles. The molecule has 1 heterocycles. The van der Waals surface area contributed by atoms with Gasteiger partial charge < -0.3 is 14.4 Å². The number of benzene rings is 1. The van der Waals surface area contributed by atoms with Crippen molar-refractivity contribution in [3.63, 3.8) is 0 Å². The van der Waals surface area contributed by atoms with Crippen LogP contribution < -0.4 is 4.74 Å². The van der Waals surface area contributed by atoms with Gasteiger partial charge in [-0.15, -0.1) is 0 Å². The zero-order chi connectivity index (χ0) is 12.3. The van der Waals surface area contributed by atoms with E-state index in [1.807, 2.05) is 24.3 Å². The third kappa shape index (κ3) is 2.62. The molecule has 1 atom stereocenters. The maximum atomic E-state index is 9.29. The predicted octanol–water partition coefficient (Wildman–Crippen LogP) is 1.72. The van der Waals surface area contributed by atoms with Gasteiger partial charge >= 0.3 is 0 Å². The van der Waals surface area contributed by atoms with Gasteiger partial charge in [-0.1, -0.05) is 23.4 Å². The molecule has 1 aromatic carbocycles. The Balaban J connectivity index is 2.19. The van der Waals surface area contributed by atoms with E-state index in [1.54, 1.807) is 14.0 Å². The third-order valence-electron chi connectivity index (χ3n) is 2.39. The van der Waals surface area contributed by atoms with Crippen molar-refractivity contribution < 1.29 is 14.4 Å². The molecule has 0 spiro atoms. The second-order valence-electron chi connectivity index (χ2n) is 3.71. The molecule has 0 saturated heterocycles. The highest BCUT2D eigenvalue weighted by molar-refractivity contribution is 5.34. The molecular formula is C12H14N2O3. The number of rotatable bonds is 4. The fourth-order valence-corrected chi connectivity index (χ4v) is 1.52. The third-order valence-corrected chi connectivity index (χ3v) is 2.39. The normalized spacial score (nSPS) is 12.4. The highest BCUT2D eigenvalue weighted by atomic mass is 16.5. The van der Waals surface area contributed by atoms with Gasteiger partial charge in [0, 0.05) is 5.56 Å². The molecule has 5 heteroatoms. The first-order valence-corrected chi connectivity index (χ1v) is 5.33. The fraction of sp³-hybridized carbons (Fsp3) is 0.333. The quantitative estimate of drug-likeness (QED) is 0.872. The van der Waals surface area contributed by atoms with E-state index in [9.17, 15) is 5.11 Å². The predicted molar refractivity (Wildman–Crippen MR) is 60.7 cm³/mol. The van der Waals surface area contributed by atoms with Gasteiger partial charge in [-0.05, 0) is 13.0 Å². The Labute approximate surface area is 99.0 Å². The maximum Gasteiger partial charge on any atom is 0.231 e. The molecule has 0 fully saturated rings. The summed E-state index contributed by atoms with van der Waals surface area (Å²) in [6.45, 7) is 1.59. The lowest BCUT2D eigenvalue weighted by atomic mass is 10.1. The second kappa shape index (κ2) is 4.97. The molecule has 0 aliphatic carbocycles. The zero-order valence-electron chi connectivity index (χ0n) is 9.75. The Morgan fingerprint density at radius 3 is 2.82 bits per heavy atom. The van der Waals surface area contributed by atoms with Crippen LogP contribution in [0.15, 0.2) is 28.8 Å². The molecule has 0 aliphatic heterocycles. The average Bonchev–Trinajstić information content (AvgIpc) is 2.78. The molecule has 0 bridgehead atoms. The molecule has 1 aromatic heterocycles. The Bertz CT molecular complexity index is 494. The monoisotopic (exact) mass is 234 g/mol. The summed E-state index contributed by atoms with van der Waals surface area (Å²) in [6.07, 6.45) is -0.228. The van der Waals surface area contributed by atoms with Crippen LogP contribution in [0.1, 0.15) is 30.3 Å². The molecular weight excluding hydrogens is 220 g/mol. The van der Waals surface area contributed by atoms with Crippen LogP contribution in [0.2, 0.25) is 0 Å². The zero-order valence-corrected chi connectivity index (χ0v) is 9.75. The molecule has 1 unspecified atom stereocenters. The molecule has 5 nitrogen and oxygen atoms in total. The molecule has 2 aromatic rings. The van der Waals surface area contributed by atoms with Crippen molar-refractivity contribution in [2.24, 2.45) is 0 Å². The number of methoxy groups -OCH3 is 1. The Kier molecular flexibility index (Phi) is 3.39. The largest absolute Gasteiger partial charge is 0.496 e. The number of aromatic nitrogens is 2. The van der Waals surface area contributed by atoms with Crippen LogP contribution >= 0.6 is 0 Å². The van der Waals surface area contributed by atoms with E-state index < -0.39 is 6.10 Å². The Hall–Kier alpha value is -1.88. The van der Waals surface area contributed by atoms with E-state index >= 15 is 0 Å². The van der Waals surface area contributed by atoms with E-state index in [2.05, 4.69) is 10.1 Å². The lowest BCUT2D eigenvalue weighted by Gasteiger charge is -2.04. The molecule has 1 N–H and O–H groups in total. The SMILES string of the molecule is COc1ccccc1Cc1nc(C(C)O)no1. The van der Waals surface area contributed by atoms with Gasteiger partial charge in [-0.25, -0.2) is 0 Å². The van der Waals surface area contributed by atoms with Gasteiger partial charge in [0.25, 0.3) is 0 Å². The lowest BCUT2D eigenvalue weighted by molar-refractivity contribution is 0.184. The summed E-state index contributed by atoms with van der Waals surface area (Å²) in [4.78, 5) is 4.10. The van der Waals surface area contributed by atoms with Crippen molar-refractivity contribution in [3.05, 3.63) is 41.5 Å². The van der Waals surface area contributed by atoms with Crippen molar-refractivity contribution in [2.75, 3.05) is 7.11 Å². The Morgan fingerprint density at radius 2 is 2.18 bits per heavy atom. The number of aliphatic hydroxyl groups is 1. The number of hydrogen-bond acceptors (Lipinski definition) is 5. The van der Waals surface area contributed by atoms with Crippen LogP contribution in [0, 0.1) is 0 Å². The van der Waals surface area contributed by atoms with E-state index in [1.165, 1.54) is 0 Å². The van der Waals surface area contributed by atoms with Crippen molar-refractivity contribution in [2.45, 2.75) is 19.4 Å². The minimum atomic E-state index is -0.717. The molecule has 0 amide bonds. The standard InChI is InChI=1S/C12H14N2O3/c1-8(15)12-13-11(17-14-12)7-9-5-3-4-6-10(9)16-2/h3-6,8,15H,7H2,1-2H3. The number of hydrogen-bond donors (Lipinski definition) is 1. The summed E-state index contributed by atoms with van der Waals surface area (Å²) in [5, 5.41) is 13.0. The average molecular weight is 234 g/mol. The Morgan fingerprint density at radius 1 is 1.41 bits per heavy atom. The fourth-order valence-electron chi connectivity index (χ4n) is 1.52. The van der Waals surface area contributed by atoms with E-state index in [-0.39, 0.29) is 0 Å². The molecule has 17 heavy (non-hydrogen) atoms. The summed E-state index contributed by atoms with van der Waals surface area (Å²) in [7, 11) is 1.62. The van der Waals surface area contributed by atoms with Gasteiger partial charge in [0.05, 0.1) is 13.5 Å². The van der Waals surface area contributed by atoms with Crippen LogP contribution in [0.4, 0.5) is 0 Å². The van der Waals surface area contributed by atoms with Crippen LogP contribution in [-0.4, -0.2) is 22.4 Å². The molecule has 2 rings (SSSR count). The van der Waals surface area contributed by atoms with Crippen LogP contribution in [-0.2, 0) is 6.42 Å². The minimum Gasteiger partial charge on any atom is -0.496 e. The number of aliphatic hydroxyl groups excluding tert-OH is 1.